The highest BCUT2D eigenvalue weighted by Crippen LogP contribution is 2.35. The maximum Gasteiger partial charge on any atom is 0.268 e. The zero-order valence-corrected chi connectivity index (χ0v) is 13.8. The van der Waals surface area contributed by atoms with Gasteiger partial charge < -0.3 is 5.32 Å². The molecule has 20 heavy (non-hydrogen) atoms. The standard InChI is InChI=1S/C14H8ClIN2OS/c15-12-9-3-1-2-4-10(9)20-13(12)14(19)18-11-6-5-8(16)7-17-11/h1-7H,(H,17,18,19). The minimum Gasteiger partial charge on any atom is -0.306 e. The zero-order valence-electron chi connectivity index (χ0n) is 10.1. The van der Waals surface area contributed by atoms with Gasteiger partial charge >= 0.3 is 0 Å². The highest BCUT2D eigenvalue weighted by atomic mass is 127. The highest BCUT2D eigenvalue weighted by Gasteiger charge is 2.17. The number of carbonyl (C=O) groups excluding carboxylic acids is 1. The number of amides is 1. The molecule has 0 unspecified atom stereocenters. The Morgan fingerprint density at radius 1 is 1.25 bits per heavy atom. The second-order valence-electron chi connectivity index (χ2n) is 4.06. The molecule has 0 saturated carbocycles. The SMILES string of the molecule is O=C(Nc1ccc(I)cn1)c1sc2ccccc2c1Cl. The summed E-state index contributed by atoms with van der Waals surface area (Å²) in [5, 5.41) is 4.16. The molecular formula is C14H8ClIN2OS. The van der Waals surface area contributed by atoms with Crippen LogP contribution in [0, 0.1) is 3.57 Å². The minimum absolute atomic E-state index is 0.232. The zero-order chi connectivity index (χ0) is 14.1. The maximum absolute atomic E-state index is 12.3. The first-order valence-electron chi connectivity index (χ1n) is 5.75. The van der Waals surface area contributed by atoms with E-state index in [9.17, 15) is 4.79 Å². The van der Waals surface area contributed by atoms with Crippen molar-refractivity contribution in [3.8, 4) is 0 Å². The van der Waals surface area contributed by atoms with Gasteiger partial charge in [0.1, 0.15) is 10.7 Å². The number of anilines is 1. The second kappa shape index (κ2) is 5.67. The lowest BCUT2D eigenvalue weighted by Gasteiger charge is -2.02. The van der Waals surface area contributed by atoms with Gasteiger partial charge in [0.25, 0.3) is 5.91 Å². The van der Waals surface area contributed by atoms with Crippen molar-refractivity contribution in [2.75, 3.05) is 5.32 Å². The molecule has 0 fully saturated rings. The Kier molecular flexibility index (Phi) is 3.91. The number of hydrogen-bond donors (Lipinski definition) is 1. The van der Waals surface area contributed by atoms with E-state index in [0.29, 0.717) is 15.7 Å². The van der Waals surface area contributed by atoms with E-state index in [1.807, 2.05) is 30.3 Å². The fraction of sp³-hybridized carbons (Fsp3) is 0. The van der Waals surface area contributed by atoms with Crippen molar-refractivity contribution in [3.63, 3.8) is 0 Å². The molecule has 100 valence electrons. The molecule has 0 aliphatic rings. The summed E-state index contributed by atoms with van der Waals surface area (Å²) < 4.78 is 2.01. The summed E-state index contributed by atoms with van der Waals surface area (Å²) >= 11 is 9.81. The van der Waals surface area contributed by atoms with E-state index in [2.05, 4.69) is 32.9 Å². The number of fused-ring (bicyclic) bond motifs is 1. The van der Waals surface area contributed by atoms with Gasteiger partial charge in [0, 0.05) is 19.9 Å². The number of nitrogens with zero attached hydrogens (tertiary/aromatic N) is 1. The molecule has 0 atom stereocenters. The van der Waals surface area contributed by atoms with Crippen molar-refractivity contribution in [2.45, 2.75) is 0 Å². The van der Waals surface area contributed by atoms with E-state index in [4.69, 9.17) is 11.6 Å². The van der Waals surface area contributed by atoms with Gasteiger partial charge in [-0.2, -0.15) is 0 Å². The van der Waals surface area contributed by atoms with Crippen molar-refractivity contribution < 1.29 is 4.79 Å². The molecule has 0 aliphatic heterocycles. The average Bonchev–Trinajstić information content (AvgIpc) is 2.79. The van der Waals surface area contributed by atoms with Gasteiger partial charge in [0.15, 0.2) is 0 Å². The number of hydrogen-bond acceptors (Lipinski definition) is 3. The quantitative estimate of drug-likeness (QED) is 0.612. The Labute approximate surface area is 138 Å². The molecule has 1 aromatic carbocycles. The van der Waals surface area contributed by atoms with Gasteiger partial charge in [-0.05, 0) is 40.8 Å². The maximum atomic E-state index is 12.3. The van der Waals surface area contributed by atoms with Crippen molar-refractivity contribution in [1.82, 2.24) is 4.98 Å². The van der Waals surface area contributed by atoms with Gasteiger partial charge in [-0.3, -0.25) is 4.79 Å². The lowest BCUT2D eigenvalue weighted by Crippen LogP contribution is -2.11. The summed E-state index contributed by atoms with van der Waals surface area (Å²) in [5.74, 6) is 0.286. The predicted molar refractivity (Wildman–Crippen MR) is 91.7 cm³/mol. The number of halogens is 2. The fourth-order valence-electron chi connectivity index (χ4n) is 1.78. The van der Waals surface area contributed by atoms with Crippen LogP contribution in [-0.2, 0) is 0 Å². The number of pyridine rings is 1. The molecule has 2 aromatic heterocycles. The summed E-state index contributed by atoms with van der Waals surface area (Å²) in [6, 6.07) is 11.3. The number of nitrogens with one attached hydrogen (secondary N) is 1. The topological polar surface area (TPSA) is 42.0 Å². The molecule has 0 bridgehead atoms. The monoisotopic (exact) mass is 414 g/mol. The predicted octanol–water partition coefficient (Wildman–Crippen LogP) is 4.81. The Morgan fingerprint density at radius 2 is 2.05 bits per heavy atom. The third-order valence-electron chi connectivity index (χ3n) is 2.71. The summed E-state index contributed by atoms with van der Waals surface area (Å²) in [6.07, 6.45) is 1.70. The van der Waals surface area contributed by atoms with Crippen LogP contribution in [0.25, 0.3) is 10.1 Å². The van der Waals surface area contributed by atoms with Crippen molar-refractivity contribution in [2.24, 2.45) is 0 Å². The van der Waals surface area contributed by atoms with E-state index in [1.165, 1.54) is 11.3 Å². The van der Waals surface area contributed by atoms with Crippen LogP contribution in [0.2, 0.25) is 5.02 Å². The molecule has 3 rings (SSSR count). The van der Waals surface area contributed by atoms with E-state index in [0.717, 1.165) is 13.7 Å². The number of carbonyl (C=O) groups is 1. The van der Waals surface area contributed by atoms with Crippen LogP contribution in [0.3, 0.4) is 0 Å². The van der Waals surface area contributed by atoms with E-state index >= 15 is 0 Å². The highest BCUT2D eigenvalue weighted by molar-refractivity contribution is 14.1. The molecule has 3 aromatic rings. The van der Waals surface area contributed by atoms with Crippen LogP contribution in [0.4, 0.5) is 5.82 Å². The lowest BCUT2D eigenvalue weighted by atomic mass is 10.2. The molecular weight excluding hydrogens is 407 g/mol. The van der Waals surface area contributed by atoms with Crippen LogP contribution in [-0.4, -0.2) is 10.9 Å². The normalized spacial score (nSPS) is 10.7. The molecule has 3 nitrogen and oxygen atoms in total. The molecule has 1 N–H and O–H groups in total. The van der Waals surface area contributed by atoms with Crippen LogP contribution < -0.4 is 5.32 Å². The Hall–Kier alpha value is -1.18. The first-order chi connectivity index (χ1) is 9.65. The molecule has 0 aliphatic carbocycles. The molecule has 0 saturated heterocycles. The minimum atomic E-state index is -0.232. The molecule has 0 spiro atoms. The van der Waals surface area contributed by atoms with Gasteiger partial charge in [0.05, 0.1) is 5.02 Å². The van der Waals surface area contributed by atoms with Crippen LogP contribution in [0.5, 0.6) is 0 Å². The second-order valence-corrected chi connectivity index (χ2v) is 6.73. The molecule has 2 heterocycles. The number of rotatable bonds is 2. The number of aromatic nitrogens is 1. The number of benzene rings is 1. The van der Waals surface area contributed by atoms with Crippen molar-refractivity contribution in [1.29, 1.82) is 0 Å². The van der Waals surface area contributed by atoms with E-state index in [1.54, 1.807) is 12.3 Å². The van der Waals surface area contributed by atoms with Crippen LogP contribution in [0.15, 0.2) is 42.6 Å². The van der Waals surface area contributed by atoms with Crippen molar-refractivity contribution >= 4 is 67.3 Å². The van der Waals surface area contributed by atoms with E-state index in [-0.39, 0.29) is 5.91 Å². The van der Waals surface area contributed by atoms with Crippen molar-refractivity contribution in [3.05, 3.63) is 56.1 Å². The first-order valence-corrected chi connectivity index (χ1v) is 8.02. The Balaban J connectivity index is 1.92. The molecule has 1 amide bonds. The summed E-state index contributed by atoms with van der Waals surface area (Å²) in [4.78, 5) is 16.9. The van der Waals surface area contributed by atoms with Gasteiger partial charge in [-0.1, -0.05) is 29.8 Å². The molecule has 0 radical (unpaired) electrons. The third kappa shape index (κ3) is 2.65. The Morgan fingerprint density at radius 3 is 2.75 bits per heavy atom. The summed E-state index contributed by atoms with van der Waals surface area (Å²) in [7, 11) is 0. The molecule has 6 heteroatoms. The summed E-state index contributed by atoms with van der Waals surface area (Å²) in [5.41, 5.74) is 0. The van der Waals surface area contributed by atoms with Gasteiger partial charge in [-0.25, -0.2) is 4.98 Å². The van der Waals surface area contributed by atoms with Crippen LogP contribution >= 0.6 is 45.5 Å². The van der Waals surface area contributed by atoms with Gasteiger partial charge in [-0.15, -0.1) is 11.3 Å². The first kappa shape index (κ1) is 13.8. The number of thiophene rings is 1. The lowest BCUT2D eigenvalue weighted by molar-refractivity contribution is 0.103. The average molecular weight is 415 g/mol. The van der Waals surface area contributed by atoms with Crippen LogP contribution in [0.1, 0.15) is 9.67 Å². The fourth-order valence-corrected chi connectivity index (χ4v) is 3.51. The smallest absolute Gasteiger partial charge is 0.268 e. The Bertz CT molecular complexity index is 785. The third-order valence-corrected chi connectivity index (χ3v) is 5.02. The van der Waals surface area contributed by atoms with E-state index < -0.39 is 0 Å². The largest absolute Gasteiger partial charge is 0.306 e. The summed E-state index contributed by atoms with van der Waals surface area (Å²) in [6.45, 7) is 0. The van der Waals surface area contributed by atoms with Gasteiger partial charge in [0.2, 0.25) is 0 Å².